The first kappa shape index (κ1) is 21.2. The van der Waals surface area contributed by atoms with Gasteiger partial charge in [-0.05, 0) is 24.3 Å². The van der Waals surface area contributed by atoms with Gasteiger partial charge in [0, 0.05) is 43.1 Å². The average molecular weight is 488 g/mol. The zero-order chi connectivity index (χ0) is 22.6. The van der Waals surface area contributed by atoms with Crippen LogP contribution in [0.5, 0.6) is 0 Å². The van der Waals surface area contributed by atoms with Gasteiger partial charge in [-0.1, -0.05) is 23.4 Å². The molecule has 33 heavy (non-hydrogen) atoms. The number of hydrogen-bond donors (Lipinski definition) is 0. The second-order valence-electron chi connectivity index (χ2n) is 8.50. The second kappa shape index (κ2) is 8.12. The number of carbonyl (C=O) groups is 1. The summed E-state index contributed by atoms with van der Waals surface area (Å²) in [6.07, 6.45) is 3.18. The predicted octanol–water partition coefficient (Wildman–Crippen LogP) is 2.64. The quantitative estimate of drug-likeness (QED) is 0.524. The molecule has 9 nitrogen and oxygen atoms in total. The third kappa shape index (κ3) is 3.65. The number of fused-ring (bicyclic) bond motifs is 2. The van der Waals surface area contributed by atoms with Crippen LogP contribution in [0.3, 0.4) is 0 Å². The van der Waals surface area contributed by atoms with Crippen LogP contribution < -0.4 is 5.56 Å². The van der Waals surface area contributed by atoms with Gasteiger partial charge in [0.1, 0.15) is 5.39 Å². The minimum atomic E-state index is -0.511. The highest BCUT2D eigenvalue weighted by Crippen LogP contribution is 2.35. The molecule has 11 heteroatoms. The van der Waals surface area contributed by atoms with Gasteiger partial charge in [0.15, 0.2) is 16.6 Å². The fourth-order valence-electron chi connectivity index (χ4n) is 4.77. The van der Waals surface area contributed by atoms with Crippen molar-refractivity contribution >= 4 is 40.3 Å². The van der Waals surface area contributed by atoms with E-state index < -0.39 is 5.79 Å². The zero-order valence-corrected chi connectivity index (χ0v) is 19.3. The number of piperidine rings is 1. The summed E-state index contributed by atoms with van der Waals surface area (Å²) in [5, 5.41) is 6.06. The van der Waals surface area contributed by atoms with Crippen LogP contribution in [0, 0.1) is 0 Å². The number of carbonyl (C=O) groups excluding carboxylic acids is 1. The van der Waals surface area contributed by atoms with E-state index in [1.54, 1.807) is 27.6 Å². The number of rotatable bonds is 3. The fraction of sp³-hybridized carbons (Fsp3) is 0.455. The Kier molecular flexibility index (Phi) is 5.21. The van der Waals surface area contributed by atoms with Crippen LogP contribution >= 0.6 is 23.4 Å². The molecule has 0 saturated carbocycles. The smallest absolute Gasteiger partial charge is 0.265 e. The number of halogens is 1. The molecule has 1 spiro atoms. The van der Waals surface area contributed by atoms with Crippen LogP contribution in [0.1, 0.15) is 25.3 Å². The average Bonchev–Trinajstić information content (AvgIpc) is 3.55. The maximum atomic E-state index is 13.3. The Morgan fingerprint density at radius 2 is 1.91 bits per heavy atom. The van der Waals surface area contributed by atoms with Crippen molar-refractivity contribution in [3.8, 4) is 5.69 Å². The first-order valence-corrected chi connectivity index (χ1v) is 12.3. The molecule has 172 valence electrons. The highest BCUT2D eigenvalue weighted by atomic mass is 35.5. The van der Waals surface area contributed by atoms with E-state index in [2.05, 4.69) is 5.10 Å². The summed E-state index contributed by atoms with van der Waals surface area (Å²) in [5.74, 6) is 0.174. The Bertz CT molecular complexity index is 1270. The number of aromatic nitrogens is 4. The van der Waals surface area contributed by atoms with Crippen molar-refractivity contribution in [3.63, 3.8) is 0 Å². The maximum Gasteiger partial charge on any atom is 0.265 e. The molecule has 3 aliphatic heterocycles. The Hall–Kier alpha value is -2.40. The van der Waals surface area contributed by atoms with Crippen molar-refractivity contribution in [2.45, 2.75) is 36.2 Å². The van der Waals surface area contributed by atoms with Gasteiger partial charge in [0.05, 0.1) is 31.1 Å². The Morgan fingerprint density at radius 3 is 2.64 bits per heavy atom. The molecule has 1 aromatic carbocycles. The minimum absolute atomic E-state index is 0.0464. The molecule has 5 heterocycles. The van der Waals surface area contributed by atoms with Crippen LogP contribution in [0.4, 0.5) is 0 Å². The summed E-state index contributed by atoms with van der Waals surface area (Å²) in [6.45, 7) is 2.43. The van der Waals surface area contributed by atoms with Crippen LogP contribution in [0.2, 0.25) is 5.02 Å². The Morgan fingerprint density at radius 1 is 1.18 bits per heavy atom. The SMILES string of the molecule is O=C(CC1CSc2nc3c(cnn3-c3ccc(Cl)cc3)c(=O)n21)N1CCC2(CC1)OCCO2. The van der Waals surface area contributed by atoms with E-state index >= 15 is 0 Å². The van der Waals surface area contributed by atoms with Crippen LogP contribution in [-0.4, -0.2) is 68.0 Å². The summed E-state index contributed by atoms with van der Waals surface area (Å²) >= 11 is 7.49. The molecule has 3 aromatic rings. The van der Waals surface area contributed by atoms with Crippen molar-refractivity contribution in [1.29, 1.82) is 0 Å². The van der Waals surface area contributed by atoms with E-state index in [0.29, 0.717) is 66.1 Å². The number of amides is 1. The first-order valence-electron chi connectivity index (χ1n) is 11.0. The fourth-order valence-corrected chi connectivity index (χ4v) is 6.02. The lowest BCUT2D eigenvalue weighted by molar-refractivity contribution is -0.187. The number of thioether (sulfide) groups is 1. The Labute approximate surface area is 198 Å². The number of ether oxygens (including phenoxy) is 2. The summed E-state index contributed by atoms with van der Waals surface area (Å²) in [4.78, 5) is 32.9. The first-order chi connectivity index (χ1) is 16.0. The lowest BCUT2D eigenvalue weighted by Crippen LogP contribution is -2.47. The molecule has 1 unspecified atom stereocenters. The molecule has 6 rings (SSSR count). The Balaban J connectivity index is 1.23. The van der Waals surface area contributed by atoms with Crippen molar-refractivity contribution < 1.29 is 14.3 Å². The minimum Gasteiger partial charge on any atom is -0.347 e. The molecular weight excluding hydrogens is 466 g/mol. The van der Waals surface area contributed by atoms with E-state index in [4.69, 9.17) is 26.1 Å². The van der Waals surface area contributed by atoms with Crippen LogP contribution in [0.15, 0.2) is 40.4 Å². The number of likely N-dealkylation sites (tertiary alicyclic amines) is 1. The number of nitrogens with zero attached hydrogens (tertiary/aromatic N) is 5. The highest BCUT2D eigenvalue weighted by Gasteiger charge is 2.41. The molecule has 0 N–H and O–H groups in total. The van der Waals surface area contributed by atoms with Crippen LogP contribution in [0.25, 0.3) is 16.7 Å². The number of benzene rings is 1. The van der Waals surface area contributed by atoms with Gasteiger partial charge in [-0.3, -0.25) is 14.2 Å². The van der Waals surface area contributed by atoms with Gasteiger partial charge in [-0.25, -0.2) is 9.67 Å². The molecule has 1 atom stereocenters. The van der Waals surface area contributed by atoms with Crippen molar-refractivity contribution in [3.05, 3.63) is 45.8 Å². The molecular formula is C22H22ClN5O4S. The third-order valence-corrected chi connectivity index (χ3v) is 7.89. The molecule has 3 aliphatic rings. The largest absolute Gasteiger partial charge is 0.347 e. The lowest BCUT2D eigenvalue weighted by Gasteiger charge is -2.37. The molecule has 2 aromatic heterocycles. The highest BCUT2D eigenvalue weighted by molar-refractivity contribution is 7.99. The van der Waals surface area contributed by atoms with Crippen LogP contribution in [-0.2, 0) is 14.3 Å². The van der Waals surface area contributed by atoms with Crippen molar-refractivity contribution in [1.82, 2.24) is 24.2 Å². The van der Waals surface area contributed by atoms with E-state index in [0.717, 1.165) is 5.69 Å². The van der Waals surface area contributed by atoms with E-state index in [-0.39, 0.29) is 23.9 Å². The predicted molar refractivity (Wildman–Crippen MR) is 123 cm³/mol. The van der Waals surface area contributed by atoms with Gasteiger partial charge in [0.25, 0.3) is 5.56 Å². The van der Waals surface area contributed by atoms with Gasteiger partial charge in [-0.15, -0.1) is 0 Å². The van der Waals surface area contributed by atoms with Gasteiger partial charge < -0.3 is 14.4 Å². The summed E-state index contributed by atoms with van der Waals surface area (Å²) < 4.78 is 14.8. The van der Waals surface area contributed by atoms with Gasteiger partial charge >= 0.3 is 0 Å². The van der Waals surface area contributed by atoms with Crippen molar-refractivity contribution in [2.75, 3.05) is 32.1 Å². The monoisotopic (exact) mass is 487 g/mol. The molecule has 2 fully saturated rings. The molecule has 1 amide bonds. The zero-order valence-electron chi connectivity index (χ0n) is 17.8. The summed E-state index contributed by atoms with van der Waals surface area (Å²) in [5.41, 5.74) is 1.12. The van der Waals surface area contributed by atoms with E-state index in [9.17, 15) is 9.59 Å². The van der Waals surface area contributed by atoms with Gasteiger partial charge in [0.2, 0.25) is 5.91 Å². The molecule has 2 saturated heterocycles. The lowest BCUT2D eigenvalue weighted by atomic mass is 10.0. The second-order valence-corrected chi connectivity index (χ2v) is 9.92. The summed E-state index contributed by atoms with van der Waals surface area (Å²) in [7, 11) is 0. The maximum absolute atomic E-state index is 13.3. The van der Waals surface area contributed by atoms with E-state index in [1.807, 2.05) is 17.0 Å². The van der Waals surface area contributed by atoms with Crippen molar-refractivity contribution in [2.24, 2.45) is 0 Å². The number of hydrogen-bond acceptors (Lipinski definition) is 7. The topological polar surface area (TPSA) is 91.5 Å². The molecule has 0 bridgehead atoms. The summed E-state index contributed by atoms with van der Waals surface area (Å²) in [6, 6.07) is 6.99. The van der Waals surface area contributed by atoms with E-state index in [1.165, 1.54) is 11.8 Å². The normalized spacial score (nSPS) is 21.7. The molecule has 0 radical (unpaired) electrons. The standard InChI is InChI=1S/C22H22ClN5O4S/c23-14-1-3-15(4-2-14)28-19-17(12-24-28)20(30)27-16(13-33-21(27)25-19)11-18(29)26-7-5-22(6-8-26)31-9-10-32-22/h1-4,12,16H,5-11,13H2. The molecule has 0 aliphatic carbocycles. The third-order valence-electron chi connectivity index (χ3n) is 6.54. The van der Waals surface area contributed by atoms with Gasteiger partial charge in [-0.2, -0.15) is 5.10 Å².